The molecule has 2 saturated heterocycles. The predicted molar refractivity (Wildman–Crippen MR) is 56.3 cm³/mol. The third kappa shape index (κ3) is 2.34. The van der Waals surface area contributed by atoms with E-state index in [0.717, 1.165) is 0 Å². The van der Waals surface area contributed by atoms with Crippen LogP contribution in [0.1, 0.15) is 12.8 Å². The summed E-state index contributed by atoms with van der Waals surface area (Å²) >= 11 is 0. The maximum atomic E-state index is 12.0. The maximum Gasteiger partial charge on any atom is 0.326 e. The molecule has 0 bridgehead atoms. The summed E-state index contributed by atoms with van der Waals surface area (Å²) in [6.07, 6.45) is -0.737. The van der Waals surface area contributed by atoms with E-state index >= 15 is 0 Å². The minimum Gasteiger partial charge on any atom is -0.480 e. The van der Waals surface area contributed by atoms with Crippen LogP contribution in [0.3, 0.4) is 0 Å². The molecule has 3 unspecified atom stereocenters. The fourth-order valence-electron chi connectivity index (χ4n) is 2.36. The minimum absolute atomic E-state index is 0.0440. The van der Waals surface area contributed by atoms with Crippen molar-refractivity contribution in [3.63, 3.8) is 0 Å². The van der Waals surface area contributed by atoms with E-state index in [0.29, 0.717) is 13.0 Å². The van der Waals surface area contributed by atoms with Crippen LogP contribution in [0.2, 0.25) is 0 Å². The molecule has 0 aliphatic carbocycles. The number of likely N-dealkylation sites (tertiary alicyclic amines) is 2. The average molecular weight is 244 g/mol. The molecule has 2 heterocycles. The molecular formula is C10H16N2O5. The molecule has 7 heteroatoms. The standard InChI is InChI=1S/C10H16N2O5/c13-6-1-2-11(4-6)10(17)12-5-7(14)3-8(12)9(15)16/h6-8,13-14H,1-5H2,(H,15,16). The largest absolute Gasteiger partial charge is 0.480 e. The molecule has 7 nitrogen and oxygen atoms in total. The highest BCUT2D eigenvalue weighted by Crippen LogP contribution is 2.21. The average Bonchev–Trinajstić information content (AvgIpc) is 2.83. The van der Waals surface area contributed by atoms with E-state index < -0.39 is 30.3 Å². The van der Waals surface area contributed by atoms with Gasteiger partial charge in [0.2, 0.25) is 0 Å². The molecule has 3 atom stereocenters. The fraction of sp³-hybridized carbons (Fsp3) is 0.800. The first-order valence-electron chi connectivity index (χ1n) is 5.63. The van der Waals surface area contributed by atoms with Crippen LogP contribution in [0.25, 0.3) is 0 Å². The third-order valence-electron chi connectivity index (χ3n) is 3.24. The number of aliphatic carboxylic acids is 1. The number of amides is 2. The van der Waals surface area contributed by atoms with Gasteiger partial charge in [0.05, 0.1) is 12.2 Å². The van der Waals surface area contributed by atoms with Crippen LogP contribution < -0.4 is 0 Å². The number of carbonyl (C=O) groups excluding carboxylic acids is 1. The fourth-order valence-corrected chi connectivity index (χ4v) is 2.36. The number of hydrogen-bond acceptors (Lipinski definition) is 4. The second-order valence-corrected chi connectivity index (χ2v) is 4.57. The maximum absolute atomic E-state index is 12.0. The molecule has 0 saturated carbocycles. The van der Waals surface area contributed by atoms with Crippen molar-refractivity contribution in [3.8, 4) is 0 Å². The van der Waals surface area contributed by atoms with Crippen LogP contribution >= 0.6 is 0 Å². The predicted octanol–water partition coefficient (Wildman–Crippen LogP) is -1.31. The molecule has 2 aliphatic rings. The second kappa shape index (κ2) is 4.50. The summed E-state index contributed by atoms with van der Waals surface area (Å²) in [4.78, 5) is 25.6. The lowest BCUT2D eigenvalue weighted by Crippen LogP contribution is -2.47. The number of carboxylic acids is 1. The van der Waals surface area contributed by atoms with Gasteiger partial charge in [-0.3, -0.25) is 0 Å². The van der Waals surface area contributed by atoms with Crippen molar-refractivity contribution in [2.45, 2.75) is 31.1 Å². The van der Waals surface area contributed by atoms with Crippen molar-refractivity contribution in [3.05, 3.63) is 0 Å². The van der Waals surface area contributed by atoms with Gasteiger partial charge in [-0.2, -0.15) is 0 Å². The summed E-state index contributed by atoms with van der Waals surface area (Å²) in [6.45, 7) is 0.707. The number of β-amino-alcohol motifs (C(OH)–C–C–N with tert-alkyl or cyclic N) is 2. The molecule has 2 aliphatic heterocycles. The summed E-state index contributed by atoms with van der Waals surface area (Å²) in [6, 6.07) is -1.37. The van der Waals surface area contributed by atoms with E-state index in [2.05, 4.69) is 0 Å². The van der Waals surface area contributed by atoms with Crippen LogP contribution in [-0.4, -0.2) is 75.0 Å². The van der Waals surface area contributed by atoms with Gasteiger partial charge >= 0.3 is 12.0 Å². The Labute approximate surface area is 98.2 Å². The number of nitrogens with zero attached hydrogens (tertiary/aromatic N) is 2. The zero-order valence-corrected chi connectivity index (χ0v) is 9.32. The highest BCUT2D eigenvalue weighted by atomic mass is 16.4. The number of carbonyl (C=O) groups is 2. The lowest BCUT2D eigenvalue weighted by molar-refractivity contribution is -0.141. The summed E-state index contributed by atoms with van der Waals surface area (Å²) in [7, 11) is 0. The Balaban J connectivity index is 2.05. The van der Waals surface area contributed by atoms with Gasteiger partial charge in [0.15, 0.2) is 0 Å². The normalized spacial score (nSPS) is 33.2. The Morgan fingerprint density at radius 2 is 1.82 bits per heavy atom. The SMILES string of the molecule is O=C(O)C1CC(O)CN1C(=O)N1CCC(O)C1. The number of aliphatic hydroxyl groups is 2. The quantitative estimate of drug-likeness (QED) is 0.532. The van der Waals surface area contributed by atoms with E-state index in [4.69, 9.17) is 5.11 Å². The number of hydrogen-bond donors (Lipinski definition) is 3. The lowest BCUT2D eigenvalue weighted by Gasteiger charge is -2.26. The summed E-state index contributed by atoms with van der Waals surface area (Å²) < 4.78 is 0. The second-order valence-electron chi connectivity index (χ2n) is 4.57. The Kier molecular flexibility index (Phi) is 3.21. The molecule has 0 radical (unpaired) electrons. The minimum atomic E-state index is -1.10. The van der Waals surface area contributed by atoms with Gasteiger partial charge in [-0.05, 0) is 6.42 Å². The first kappa shape index (κ1) is 12.1. The zero-order chi connectivity index (χ0) is 12.6. The van der Waals surface area contributed by atoms with Crippen molar-refractivity contribution in [2.24, 2.45) is 0 Å². The Hall–Kier alpha value is -1.34. The first-order chi connectivity index (χ1) is 7.99. The van der Waals surface area contributed by atoms with E-state index in [9.17, 15) is 19.8 Å². The molecule has 2 rings (SSSR count). The molecule has 0 aromatic carbocycles. The van der Waals surface area contributed by atoms with Crippen molar-refractivity contribution in [2.75, 3.05) is 19.6 Å². The highest BCUT2D eigenvalue weighted by Gasteiger charge is 2.41. The van der Waals surface area contributed by atoms with Gasteiger partial charge in [-0.15, -0.1) is 0 Å². The molecule has 96 valence electrons. The van der Waals surface area contributed by atoms with Crippen molar-refractivity contribution >= 4 is 12.0 Å². The monoisotopic (exact) mass is 244 g/mol. The van der Waals surface area contributed by atoms with Gasteiger partial charge in [0, 0.05) is 26.1 Å². The zero-order valence-electron chi connectivity index (χ0n) is 9.32. The lowest BCUT2D eigenvalue weighted by atomic mass is 10.2. The number of rotatable bonds is 1. The third-order valence-corrected chi connectivity index (χ3v) is 3.24. The molecule has 2 fully saturated rings. The summed E-state index contributed by atoms with van der Waals surface area (Å²) in [5, 5.41) is 27.7. The Morgan fingerprint density at radius 3 is 2.35 bits per heavy atom. The van der Waals surface area contributed by atoms with Gasteiger partial charge in [0.1, 0.15) is 6.04 Å². The van der Waals surface area contributed by atoms with Crippen LogP contribution in [0, 0.1) is 0 Å². The van der Waals surface area contributed by atoms with E-state index in [-0.39, 0.29) is 19.5 Å². The smallest absolute Gasteiger partial charge is 0.326 e. The number of urea groups is 1. The molecule has 0 aromatic heterocycles. The Bertz CT molecular complexity index is 335. The van der Waals surface area contributed by atoms with Crippen molar-refractivity contribution in [1.29, 1.82) is 0 Å². The van der Waals surface area contributed by atoms with Crippen LogP contribution in [0.4, 0.5) is 4.79 Å². The molecule has 0 spiro atoms. The molecule has 3 N–H and O–H groups in total. The van der Waals surface area contributed by atoms with E-state index in [1.54, 1.807) is 0 Å². The van der Waals surface area contributed by atoms with E-state index in [1.165, 1.54) is 9.80 Å². The number of aliphatic hydroxyl groups excluding tert-OH is 2. The van der Waals surface area contributed by atoms with Gasteiger partial charge in [0.25, 0.3) is 0 Å². The summed E-state index contributed by atoms with van der Waals surface area (Å²) in [5.74, 6) is -1.10. The molecule has 0 aromatic rings. The van der Waals surface area contributed by atoms with E-state index in [1.807, 2.05) is 0 Å². The molecule has 17 heavy (non-hydrogen) atoms. The first-order valence-corrected chi connectivity index (χ1v) is 5.63. The van der Waals surface area contributed by atoms with Crippen LogP contribution in [-0.2, 0) is 4.79 Å². The van der Waals surface area contributed by atoms with Gasteiger partial charge in [-0.1, -0.05) is 0 Å². The van der Waals surface area contributed by atoms with Gasteiger partial charge in [-0.25, -0.2) is 9.59 Å². The number of carboxylic acid groups (broad SMARTS) is 1. The van der Waals surface area contributed by atoms with Crippen LogP contribution in [0.5, 0.6) is 0 Å². The Morgan fingerprint density at radius 1 is 1.12 bits per heavy atom. The van der Waals surface area contributed by atoms with Crippen molar-refractivity contribution in [1.82, 2.24) is 9.80 Å². The summed E-state index contributed by atoms with van der Waals surface area (Å²) in [5.41, 5.74) is 0. The van der Waals surface area contributed by atoms with Gasteiger partial charge < -0.3 is 25.1 Å². The van der Waals surface area contributed by atoms with Crippen molar-refractivity contribution < 1.29 is 24.9 Å². The highest BCUT2D eigenvalue weighted by molar-refractivity contribution is 5.83. The van der Waals surface area contributed by atoms with Crippen LogP contribution in [0.15, 0.2) is 0 Å². The molecule has 2 amide bonds. The molecular weight excluding hydrogens is 228 g/mol. The topological polar surface area (TPSA) is 101 Å².